The highest BCUT2D eigenvalue weighted by Crippen LogP contribution is 2.32. The molecule has 1 aliphatic heterocycles. The molecule has 1 heterocycles. The third-order valence-electron chi connectivity index (χ3n) is 5.38. The van der Waals surface area contributed by atoms with Gasteiger partial charge in [0.25, 0.3) is 0 Å². The average Bonchev–Trinajstić information content (AvgIpc) is 2.32. The molecular formula is C16H30N2O3. The number of amides is 2. The molecule has 3 atom stereocenters. The van der Waals surface area contributed by atoms with Gasteiger partial charge in [0.2, 0.25) is 0 Å². The molecule has 2 N–H and O–H groups in total. The van der Waals surface area contributed by atoms with E-state index < -0.39 is 16.9 Å². The van der Waals surface area contributed by atoms with Gasteiger partial charge >= 0.3 is 12.0 Å². The van der Waals surface area contributed by atoms with Gasteiger partial charge in [-0.1, -0.05) is 13.8 Å². The molecule has 0 aromatic carbocycles. The molecule has 3 unspecified atom stereocenters. The summed E-state index contributed by atoms with van der Waals surface area (Å²) >= 11 is 0. The monoisotopic (exact) mass is 298 g/mol. The standard InChI is InChI=1S/C16H30N2O3/c1-10-8-11(2)12(3)18(9-10)14(21)17-16(6,7)15(4,5)13(19)20/h10-12H,8-9H2,1-7H3,(H,17,21)(H,19,20). The SMILES string of the molecule is CC1CC(C)C(C)N(C(=O)NC(C)(C)C(C)(C)C(=O)O)C1. The molecule has 122 valence electrons. The van der Waals surface area contributed by atoms with E-state index in [1.165, 1.54) is 0 Å². The summed E-state index contributed by atoms with van der Waals surface area (Å²) in [5.74, 6) is 0.00821. The molecule has 0 aromatic rings. The number of carboxylic acids is 1. The second kappa shape index (κ2) is 5.85. The van der Waals surface area contributed by atoms with E-state index in [1.54, 1.807) is 27.7 Å². The topological polar surface area (TPSA) is 69.6 Å². The molecule has 1 saturated heterocycles. The fourth-order valence-corrected chi connectivity index (χ4v) is 2.75. The third kappa shape index (κ3) is 3.50. The number of aliphatic carboxylic acids is 1. The summed E-state index contributed by atoms with van der Waals surface area (Å²) in [6.45, 7) is 13.9. The first-order valence-corrected chi connectivity index (χ1v) is 7.72. The number of carbonyl (C=O) groups is 2. The molecule has 0 spiro atoms. The number of urea groups is 1. The van der Waals surface area contributed by atoms with Crippen molar-refractivity contribution in [1.82, 2.24) is 10.2 Å². The van der Waals surface area contributed by atoms with Crippen LogP contribution in [0, 0.1) is 17.3 Å². The maximum atomic E-state index is 12.6. The van der Waals surface area contributed by atoms with Crippen LogP contribution in [0.1, 0.15) is 54.9 Å². The normalized spacial score (nSPS) is 27.4. The van der Waals surface area contributed by atoms with Gasteiger partial charge in [0.1, 0.15) is 0 Å². The van der Waals surface area contributed by atoms with Gasteiger partial charge in [0, 0.05) is 12.6 Å². The van der Waals surface area contributed by atoms with Crippen molar-refractivity contribution in [2.45, 2.75) is 66.5 Å². The van der Waals surface area contributed by atoms with E-state index in [4.69, 9.17) is 0 Å². The smallest absolute Gasteiger partial charge is 0.318 e. The second-order valence-electron chi connectivity index (χ2n) is 7.70. The number of nitrogens with one attached hydrogen (secondary N) is 1. The van der Waals surface area contributed by atoms with Gasteiger partial charge in [-0.2, -0.15) is 0 Å². The van der Waals surface area contributed by atoms with E-state index in [9.17, 15) is 14.7 Å². The lowest BCUT2D eigenvalue weighted by atomic mass is 9.74. The van der Waals surface area contributed by atoms with Gasteiger partial charge in [0.05, 0.1) is 11.0 Å². The number of carboxylic acid groups (broad SMARTS) is 1. The molecule has 1 fully saturated rings. The molecule has 2 amide bonds. The number of hydrogen-bond donors (Lipinski definition) is 2. The number of likely N-dealkylation sites (tertiary alicyclic amines) is 1. The predicted octanol–water partition coefficient (Wildman–Crippen LogP) is 2.95. The van der Waals surface area contributed by atoms with Crippen molar-refractivity contribution in [2.24, 2.45) is 17.3 Å². The van der Waals surface area contributed by atoms with Crippen LogP contribution in [0.4, 0.5) is 4.79 Å². The molecule has 1 rings (SSSR count). The first kappa shape index (κ1) is 17.8. The van der Waals surface area contributed by atoms with E-state index in [0.29, 0.717) is 11.8 Å². The highest BCUT2D eigenvalue weighted by atomic mass is 16.4. The minimum absolute atomic E-state index is 0.166. The Labute approximate surface area is 128 Å². The number of rotatable bonds is 3. The van der Waals surface area contributed by atoms with Gasteiger partial charge < -0.3 is 15.3 Å². The zero-order valence-corrected chi connectivity index (χ0v) is 14.4. The molecule has 0 radical (unpaired) electrons. The molecule has 5 nitrogen and oxygen atoms in total. The zero-order valence-electron chi connectivity index (χ0n) is 14.4. The van der Waals surface area contributed by atoms with Gasteiger partial charge in [-0.05, 0) is 52.9 Å². The largest absolute Gasteiger partial charge is 0.481 e. The van der Waals surface area contributed by atoms with Crippen LogP contribution in [0.25, 0.3) is 0 Å². The summed E-state index contributed by atoms with van der Waals surface area (Å²) in [5.41, 5.74) is -1.88. The van der Waals surface area contributed by atoms with Crippen LogP contribution in [0.2, 0.25) is 0 Å². The van der Waals surface area contributed by atoms with Crippen LogP contribution in [-0.4, -0.2) is 40.1 Å². The van der Waals surface area contributed by atoms with Crippen molar-refractivity contribution in [3.05, 3.63) is 0 Å². The summed E-state index contributed by atoms with van der Waals surface area (Å²) in [7, 11) is 0. The van der Waals surface area contributed by atoms with Crippen LogP contribution < -0.4 is 5.32 Å². The summed E-state index contributed by atoms with van der Waals surface area (Å²) in [4.78, 5) is 25.9. The lowest BCUT2D eigenvalue weighted by Crippen LogP contribution is -2.62. The first-order chi connectivity index (χ1) is 9.40. The average molecular weight is 298 g/mol. The fourth-order valence-electron chi connectivity index (χ4n) is 2.75. The van der Waals surface area contributed by atoms with E-state index in [0.717, 1.165) is 13.0 Å². The minimum atomic E-state index is -1.04. The van der Waals surface area contributed by atoms with E-state index in [1.807, 2.05) is 4.90 Å². The van der Waals surface area contributed by atoms with Crippen molar-refractivity contribution in [3.63, 3.8) is 0 Å². The van der Waals surface area contributed by atoms with Gasteiger partial charge in [-0.3, -0.25) is 4.79 Å². The Morgan fingerprint density at radius 1 is 1.14 bits per heavy atom. The third-order valence-corrected chi connectivity index (χ3v) is 5.38. The Morgan fingerprint density at radius 2 is 1.67 bits per heavy atom. The first-order valence-electron chi connectivity index (χ1n) is 7.72. The second-order valence-corrected chi connectivity index (χ2v) is 7.70. The van der Waals surface area contributed by atoms with Gasteiger partial charge in [-0.25, -0.2) is 4.79 Å². The van der Waals surface area contributed by atoms with Crippen LogP contribution in [0.3, 0.4) is 0 Å². The van der Waals surface area contributed by atoms with Crippen molar-refractivity contribution in [1.29, 1.82) is 0 Å². The van der Waals surface area contributed by atoms with E-state index in [2.05, 4.69) is 26.1 Å². The van der Waals surface area contributed by atoms with Crippen LogP contribution >= 0.6 is 0 Å². The lowest BCUT2D eigenvalue weighted by Gasteiger charge is -2.45. The van der Waals surface area contributed by atoms with Crippen LogP contribution in [0.5, 0.6) is 0 Å². The summed E-state index contributed by atoms with van der Waals surface area (Å²) < 4.78 is 0. The van der Waals surface area contributed by atoms with Crippen molar-refractivity contribution in [2.75, 3.05) is 6.54 Å². The molecule has 0 saturated carbocycles. The summed E-state index contributed by atoms with van der Waals surface area (Å²) in [6.07, 6.45) is 1.12. The Kier molecular flexibility index (Phi) is 4.96. The van der Waals surface area contributed by atoms with Crippen LogP contribution in [0.15, 0.2) is 0 Å². The van der Waals surface area contributed by atoms with E-state index in [-0.39, 0.29) is 12.1 Å². The Balaban J connectivity index is 2.87. The van der Waals surface area contributed by atoms with Crippen molar-refractivity contribution in [3.8, 4) is 0 Å². The zero-order chi connectivity index (χ0) is 16.6. The quantitative estimate of drug-likeness (QED) is 0.841. The Hall–Kier alpha value is -1.26. The number of piperidine rings is 1. The number of carbonyl (C=O) groups excluding carboxylic acids is 1. The van der Waals surface area contributed by atoms with Crippen molar-refractivity contribution < 1.29 is 14.7 Å². The highest BCUT2D eigenvalue weighted by Gasteiger charge is 2.45. The highest BCUT2D eigenvalue weighted by molar-refractivity contribution is 5.80. The molecule has 0 bridgehead atoms. The number of hydrogen-bond acceptors (Lipinski definition) is 2. The molecule has 0 aliphatic carbocycles. The molecule has 5 heteroatoms. The molecule has 1 aliphatic rings. The lowest BCUT2D eigenvalue weighted by molar-refractivity contribution is -0.150. The van der Waals surface area contributed by atoms with Crippen LogP contribution in [-0.2, 0) is 4.79 Å². The number of nitrogens with zero attached hydrogens (tertiary/aromatic N) is 1. The fraction of sp³-hybridized carbons (Fsp3) is 0.875. The molecule has 21 heavy (non-hydrogen) atoms. The van der Waals surface area contributed by atoms with Crippen molar-refractivity contribution >= 4 is 12.0 Å². The molecular weight excluding hydrogens is 268 g/mol. The minimum Gasteiger partial charge on any atom is -0.481 e. The molecule has 0 aromatic heterocycles. The van der Waals surface area contributed by atoms with Gasteiger partial charge in [-0.15, -0.1) is 0 Å². The summed E-state index contributed by atoms with van der Waals surface area (Å²) in [5, 5.41) is 12.3. The maximum absolute atomic E-state index is 12.6. The summed E-state index contributed by atoms with van der Waals surface area (Å²) in [6, 6.07) is 0.00478. The Bertz CT molecular complexity index is 418. The maximum Gasteiger partial charge on any atom is 0.318 e. The Morgan fingerprint density at radius 3 is 2.14 bits per heavy atom. The van der Waals surface area contributed by atoms with E-state index >= 15 is 0 Å². The van der Waals surface area contributed by atoms with Gasteiger partial charge in [0.15, 0.2) is 0 Å². The predicted molar refractivity (Wildman–Crippen MR) is 83.1 cm³/mol.